The van der Waals surface area contributed by atoms with E-state index in [0.717, 1.165) is 0 Å². The van der Waals surface area contributed by atoms with Gasteiger partial charge in [-0.15, -0.1) is 0 Å². The van der Waals surface area contributed by atoms with Crippen molar-refractivity contribution < 1.29 is 43.7 Å². The first-order valence-electron chi connectivity index (χ1n) is 14.3. The van der Waals surface area contributed by atoms with Gasteiger partial charge in [0, 0.05) is 0 Å². The molecule has 0 unspecified atom stereocenters. The zero-order valence-corrected chi connectivity index (χ0v) is 30.5. The topological polar surface area (TPSA) is 428 Å². The molecule has 292 valence electrons. The van der Waals surface area contributed by atoms with Gasteiger partial charge in [-0.2, -0.15) is 0 Å². The standard InChI is InChI=1S/2C13H19ClN8O4.H2O/c2*1-13(2,3)26-5(23)4-18-12(25)22-11(17)21-10(24)6-8(15)20-9(16)7(14)19-6;/h2*4H2,1-3H3,(H4,15,16,20)(H4,17,18,21,22,24,25);1H2. The molecule has 53 heavy (non-hydrogen) atoms. The third kappa shape index (κ3) is 17.9. The van der Waals surface area contributed by atoms with Gasteiger partial charge < -0.3 is 48.5 Å². The second kappa shape index (κ2) is 19.9. The van der Waals surface area contributed by atoms with Crippen molar-refractivity contribution in [2.45, 2.75) is 52.7 Å². The average Bonchev–Trinajstić information content (AvgIpc) is 2.97. The van der Waals surface area contributed by atoms with E-state index in [0.29, 0.717) is 0 Å². The van der Waals surface area contributed by atoms with E-state index in [1.165, 1.54) is 0 Å². The van der Waals surface area contributed by atoms with E-state index in [1.807, 2.05) is 21.3 Å². The van der Waals surface area contributed by atoms with Gasteiger partial charge >= 0.3 is 24.0 Å². The number of halogens is 2. The molecule has 0 atom stereocenters. The van der Waals surface area contributed by atoms with Gasteiger partial charge in [0.1, 0.15) is 24.3 Å². The fraction of sp³-hybridized carbons (Fsp3) is 0.385. The maximum absolute atomic E-state index is 12.0. The van der Waals surface area contributed by atoms with Crippen LogP contribution in [0.5, 0.6) is 0 Å². The van der Waals surface area contributed by atoms with Crippen LogP contribution in [0, 0.1) is 10.8 Å². The number of nitrogen functional groups attached to an aromatic ring is 4. The number of hydrogen-bond acceptors (Lipinski definition) is 18. The van der Waals surface area contributed by atoms with Crippen LogP contribution in [-0.4, -0.2) is 97.4 Å². The largest absolute Gasteiger partial charge is 0.459 e. The van der Waals surface area contributed by atoms with E-state index in [2.05, 4.69) is 30.6 Å². The Morgan fingerprint density at radius 3 is 1.17 bits per heavy atom. The highest BCUT2D eigenvalue weighted by molar-refractivity contribution is 6.32. The van der Waals surface area contributed by atoms with Crippen LogP contribution in [-0.2, 0) is 19.1 Å². The predicted octanol–water partition coefficient (Wildman–Crippen LogP) is -1.62. The number of anilines is 4. The summed E-state index contributed by atoms with van der Waals surface area (Å²) in [4.78, 5) is 84.6. The first-order chi connectivity index (χ1) is 23.8. The minimum Gasteiger partial charge on any atom is -0.459 e. The second-order valence-electron chi connectivity index (χ2n) is 11.7. The summed E-state index contributed by atoms with van der Waals surface area (Å²) in [5, 5.41) is 26.9. The van der Waals surface area contributed by atoms with Crippen molar-refractivity contribution in [1.29, 1.82) is 10.8 Å². The normalized spacial score (nSPS) is 10.4. The molecule has 0 aromatic carbocycles. The lowest BCUT2D eigenvalue weighted by Crippen LogP contribution is -2.48. The number of ether oxygens (including phenoxy) is 2. The summed E-state index contributed by atoms with van der Waals surface area (Å²) in [6.45, 7) is 9.21. The Balaban J connectivity index is 0.00000100. The Labute approximate surface area is 310 Å². The molecule has 0 radical (unpaired) electrons. The van der Waals surface area contributed by atoms with Crippen LogP contribution < -0.4 is 54.8 Å². The fourth-order valence-electron chi connectivity index (χ4n) is 3.00. The number of guanidine groups is 2. The molecule has 0 aliphatic heterocycles. The number of nitrogens with one attached hydrogen (secondary N) is 8. The number of carbonyl (C=O) groups is 6. The molecule has 0 bridgehead atoms. The molecule has 0 saturated heterocycles. The van der Waals surface area contributed by atoms with E-state index < -0.39 is 72.0 Å². The number of hydrogen-bond donors (Lipinski definition) is 12. The summed E-state index contributed by atoms with van der Waals surface area (Å²) in [5.74, 6) is -5.49. The summed E-state index contributed by atoms with van der Waals surface area (Å²) in [6.07, 6.45) is 0. The number of aromatic nitrogens is 4. The molecule has 25 nitrogen and oxygen atoms in total. The minimum atomic E-state index is -0.936. The van der Waals surface area contributed by atoms with E-state index >= 15 is 0 Å². The number of nitrogens with two attached hydrogens (primary N) is 4. The lowest BCUT2D eigenvalue weighted by atomic mass is 10.2. The van der Waals surface area contributed by atoms with Gasteiger partial charge in [-0.25, -0.2) is 29.5 Å². The number of rotatable bonds is 6. The Morgan fingerprint density at radius 2 is 0.887 bits per heavy atom. The molecule has 0 fully saturated rings. The fourth-order valence-corrected chi connectivity index (χ4v) is 3.25. The second-order valence-corrected chi connectivity index (χ2v) is 12.4. The Kier molecular flexibility index (Phi) is 17.5. The summed E-state index contributed by atoms with van der Waals surface area (Å²) >= 11 is 11.3. The minimum absolute atomic E-state index is 0. The van der Waals surface area contributed by atoms with Crippen LogP contribution in [0.2, 0.25) is 10.3 Å². The smallest absolute Gasteiger partial charge is 0.325 e. The molecular formula is C26H40Cl2N16O9. The number of urea groups is 2. The maximum Gasteiger partial charge on any atom is 0.325 e. The molecule has 2 rings (SSSR count). The molecule has 2 heterocycles. The van der Waals surface area contributed by atoms with Crippen molar-refractivity contribution in [3.8, 4) is 0 Å². The third-order valence-corrected chi connectivity index (χ3v) is 5.38. The highest BCUT2D eigenvalue weighted by atomic mass is 35.5. The van der Waals surface area contributed by atoms with Crippen LogP contribution in [0.1, 0.15) is 62.5 Å². The Hall–Kier alpha value is -6.34. The number of amides is 6. The van der Waals surface area contributed by atoms with Crippen molar-refractivity contribution >= 4 is 94.2 Å². The molecule has 6 amide bonds. The van der Waals surface area contributed by atoms with Crippen molar-refractivity contribution in [3.05, 3.63) is 21.7 Å². The maximum atomic E-state index is 12.0. The number of carbonyl (C=O) groups excluding carboxylic acids is 6. The first kappa shape index (κ1) is 46.7. The van der Waals surface area contributed by atoms with Gasteiger partial charge in [-0.3, -0.25) is 51.3 Å². The van der Waals surface area contributed by atoms with E-state index in [1.54, 1.807) is 41.5 Å². The summed E-state index contributed by atoms with van der Waals surface area (Å²) in [7, 11) is 0. The lowest BCUT2D eigenvalue weighted by Gasteiger charge is -2.19. The number of esters is 2. The van der Waals surface area contributed by atoms with Gasteiger partial charge in [0.15, 0.2) is 45.0 Å². The van der Waals surface area contributed by atoms with Crippen LogP contribution >= 0.6 is 23.2 Å². The summed E-state index contributed by atoms with van der Waals surface area (Å²) in [6, 6.07) is -1.81. The van der Waals surface area contributed by atoms with E-state index in [9.17, 15) is 28.8 Å². The molecule has 0 saturated carbocycles. The molecule has 0 spiro atoms. The summed E-state index contributed by atoms with van der Waals surface area (Å²) < 4.78 is 9.99. The van der Waals surface area contributed by atoms with Crippen molar-refractivity contribution in [2.24, 2.45) is 0 Å². The van der Waals surface area contributed by atoms with Crippen LogP contribution in [0.25, 0.3) is 0 Å². The monoisotopic (exact) mass is 790 g/mol. The number of nitrogens with zero attached hydrogens (tertiary/aromatic N) is 4. The molecule has 27 heteroatoms. The third-order valence-electron chi connectivity index (χ3n) is 4.82. The molecule has 2 aromatic rings. The van der Waals surface area contributed by atoms with Crippen LogP contribution in [0.3, 0.4) is 0 Å². The summed E-state index contributed by atoms with van der Waals surface area (Å²) in [5.41, 5.74) is 19.7. The SMILES string of the molecule is CC(C)(C)OC(=O)CNC(=O)NC(=N)NC(=O)c1nc(Cl)c(N)nc1N.CC(C)(C)OC(=O)CNC(=O)NC(=N)NC(=O)c1nc(Cl)c(N)nc1N.O. The van der Waals surface area contributed by atoms with Crippen molar-refractivity contribution in [1.82, 2.24) is 51.8 Å². The van der Waals surface area contributed by atoms with Gasteiger partial charge in [0.25, 0.3) is 11.8 Å². The zero-order valence-electron chi connectivity index (χ0n) is 29.0. The van der Waals surface area contributed by atoms with Gasteiger partial charge in [-0.05, 0) is 41.5 Å². The van der Waals surface area contributed by atoms with Crippen molar-refractivity contribution in [3.63, 3.8) is 0 Å². The lowest BCUT2D eigenvalue weighted by molar-refractivity contribution is -0.154. The predicted molar refractivity (Wildman–Crippen MR) is 190 cm³/mol. The highest BCUT2D eigenvalue weighted by Gasteiger charge is 2.21. The van der Waals surface area contributed by atoms with Gasteiger partial charge in [0.2, 0.25) is 11.9 Å². The Bertz CT molecular complexity index is 1620. The molecule has 0 aliphatic rings. The highest BCUT2D eigenvalue weighted by Crippen LogP contribution is 2.18. The molecular weight excluding hydrogens is 751 g/mol. The van der Waals surface area contributed by atoms with Crippen molar-refractivity contribution in [2.75, 3.05) is 36.0 Å². The zero-order chi connectivity index (χ0) is 40.1. The molecule has 0 aliphatic carbocycles. The van der Waals surface area contributed by atoms with Crippen LogP contribution in [0.4, 0.5) is 32.9 Å². The van der Waals surface area contributed by atoms with Gasteiger partial charge in [0.05, 0.1) is 0 Å². The quantitative estimate of drug-likeness (QED) is 0.0888. The average molecular weight is 792 g/mol. The van der Waals surface area contributed by atoms with Crippen LogP contribution in [0.15, 0.2) is 0 Å². The first-order valence-corrected chi connectivity index (χ1v) is 15.0. The van der Waals surface area contributed by atoms with E-state index in [-0.39, 0.29) is 50.4 Å². The molecule has 18 N–H and O–H groups in total. The molecule has 2 aromatic heterocycles. The Morgan fingerprint density at radius 1 is 0.585 bits per heavy atom. The van der Waals surface area contributed by atoms with Gasteiger partial charge in [-0.1, -0.05) is 23.2 Å². The van der Waals surface area contributed by atoms with E-state index in [4.69, 9.17) is 66.4 Å².